The van der Waals surface area contributed by atoms with Gasteiger partial charge in [0.2, 0.25) is 5.91 Å². The first kappa shape index (κ1) is 13.4. The molecule has 1 aromatic rings. The van der Waals surface area contributed by atoms with E-state index in [9.17, 15) is 4.79 Å². The highest BCUT2D eigenvalue weighted by atomic mass is 79.9. The summed E-state index contributed by atoms with van der Waals surface area (Å²) in [6.45, 7) is 2.58. The number of nitrogens with one attached hydrogen (secondary N) is 1. The van der Waals surface area contributed by atoms with Crippen LogP contribution in [-0.2, 0) is 4.79 Å². The van der Waals surface area contributed by atoms with Crippen molar-refractivity contribution >= 4 is 27.5 Å². The van der Waals surface area contributed by atoms with Gasteiger partial charge in [-0.05, 0) is 37.5 Å². The molecule has 1 saturated heterocycles. The van der Waals surface area contributed by atoms with Gasteiger partial charge in [0, 0.05) is 36.2 Å². The molecular weight excluding hydrogens is 292 g/mol. The van der Waals surface area contributed by atoms with E-state index in [0.29, 0.717) is 13.0 Å². The second kappa shape index (κ2) is 6.78. The number of anilines is 1. The first-order chi connectivity index (χ1) is 8.75. The first-order valence-corrected chi connectivity index (χ1v) is 7.32. The van der Waals surface area contributed by atoms with E-state index in [2.05, 4.69) is 21.2 Å². The second-order valence-corrected chi connectivity index (χ2v) is 5.54. The van der Waals surface area contributed by atoms with Crippen LogP contribution in [0.4, 0.5) is 5.69 Å². The molecule has 0 spiro atoms. The van der Waals surface area contributed by atoms with E-state index in [1.807, 2.05) is 29.2 Å². The van der Waals surface area contributed by atoms with Crippen LogP contribution >= 0.6 is 15.9 Å². The summed E-state index contributed by atoms with van der Waals surface area (Å²) in [5.41, 5.74) is 1.05. The van der Waals surface area contributed by atoms with Crippen molar-refractivity contribution < 1.29 is 4.79 Å². The van der Waals surface area contributed by atoms with Crippen molar-refractivity contribution in [2.75, 3.05) is 25.0 Å². The summed E-state index contributed by atoms with van der Waals surface area (Å²) in [6.07, 6.45) is 4.15. The molecule has 1 heterocycles. The maximum Gasteiger partial charge on any atom is 0.224 e. The lowest BCUT2D eigenvalue weighted by molar-refractivity contribution is -0.131. The Hall–Kier alpha value is -1.03. The molecule has 0 bridgehead atoms. The monoisotopic (exact) mass is 310 g/mol. The van der Waals surface area contributed by atoms with Crippen molar-refractivity contribution in [1.82, 2.24) is 4.90 Å². The van der Waals surface area contributed by atoms with Gasteiger partial charge < -0.3 is 10.2 Å². The normalized spacial score (nSPS) is 15.5. The Bertz CT molecular complexity index is 403. The topological polar surface area (TPSA) is 32.3 Å². The molecule has 0 unspecified atom stereocenters. The zero-order valence-electron chi connectivity index (χ0n) is 10.5. The summed E-state index contributed by atoms with van der Waals surface area (Å²) < 4.78 is 1.05. The van der Waals surface area contributed by atoms with Crippen LogP contribution in [0.3, 0.4) is 0 Å². The van der Waals surface area contributed by atoms with Gasteiger partial charge in [0.05, 0.1) is 0 Å². The third-order valence-corrected chi connectivity index (χ3v) is 3.69. The van der Waals surface area contributed by atoms with E-state index in [4.69, 9.17) is 0 Å². The molecule has 1 amide bonds. The molecular formula is C14H19BrN2O. The zero-order chi connectivity index (χ0) is 12.8. The molecule has 1 aliphatic rings. The second-order valence-electron chi connectivity index (χ2n) is 4.63. The van der Waals surface area contributed by atoms with Gasteiger partial charge in [-0.3, -0.25) is 4.79 Å². The highest BCUT2D eigenvalue weighted by molar-refractivity contribution is 9.10. The summed E-state index contributed by atoms with van der Waals surface area (Å²) in [5.74, 6) is 0.275. The van der Waals surface area contributed by atoms with Gasteiger partial charge in [-0.1, -0.05) is 22.0 Å². The van der Waals surface area contributed by atoms with Crippen molar-refractivity contribution in [3.63, 3.8) is 0 Å². The quantitative estimate of drug-likeness (QED) is 0.925. The van der Waals surface area contributed by atoms with Crippen LogP contribution < -0.4 is 5.32 Å². The van der Waals surface area contributed by atoms with Crippen molar-refractivity contribution in [2.24, 2.45) is 0 Å². The van der Waals surface area contributed by atoms with Gasteiger partial charge >= 0.3 is 0 Å². The molecule has 18 heavy (non-hydrogen) atoms. The van der Waals surface area contributed by atoms with Crippen molar-refractivity contribution in [2.45, 2.75) is 25.7 Å². The average molecular weight is 311 g/mol. The third kappa shape index (κ3) is 4.02. The summed E-state index contributed by atoms with van der Waals surface area (Å²) in [6, 6.07) is 8.00. The highest BCUT2D eigenvalue weighted by Crippen LogP contribution is 2.15. The molecule has 0 aliphatic carbocycles. The average Bonchev–Trinajstić information content (AvgIpc) is 2.40. The maximum atomic E-state index is 11.9. The molecule has 98 valence electrons. The van der Waals surface area contributed by atoms with Crippen LogP contribution in [0.2, 0.25) is 0 Å². The first-order valence-electron chi connectivity index (χ1n) is 6.53. The molecule has 2 rings (SSSR count). The Kier molecular flexibility index (Phi) is 5.05. The molecule has 1 aromatic carbocycles. The smallest absolute Gasteiger partial charge is 0.224 e. The van der Waals surface area contributed by atoms with E-state index in [1.54, 1.807) is 0 Å². The number of nitrogens with zero attached hydrogens (tertiary/aromatic N) is 1. The summed E-state index contributed by atoms with van der Waals surface area (Å²) in [4.78, 5) is 13.9. The standard InChI is InChI=1S/C14H19BrN2O/c15-12-5-4-6-13(11-12)16-8-7-14(18)17-9-2-1-3-10-17/h4-6,11,16H,1-3,7-10H2. The van der Waals surface area contributed by atoms with Crippen molar-refractivity contribution in [3.8, 4) is 0 Å². The molecule has 0 atom stereocenters. The lowest BCUT2D eigenvalue weighted by atomic mass is 10.1. The largest absolute Gasteiger partial charge is 0.384 e. The van der Waals surface area contributed by atoms with Gasteiger partial charge in [-0.2, -0.15) is 0 Å². The molecule has 0 saturated carbocycles. The minimum atomic E-state index is 0.275. The van der Waals surface area contributed by atoms with Crippen LogP contribution in [0.5, 0.6) is 0 Å². The van der Waals surface area contributed by atoms with Gasteiger partial charge in [0.15, 0.2) is 0 Å². The molecule has 1 N–H and O–H groups in total. The number of carbonyl (C=O) groups excluding carboxylic acids is 1. The van der Waals surface area contributed by atoms with E-state index in [1.165, 1.54) is 6.42 Å². The van der Waals surface area contributed by atoms with Crippen LogP contribution in [0, 0.1) is 0 Å². The number of benzene rings is 1. The predicted octanol–water partition coefficient (Wildman–Crippen LogP) is 3.26. The van der Waals surface area contributed by atoms with Gasteiger partial charge in [-0.15, -0.1) is 0 Å². The molecule has 3 nitrogen and oxygen atoms in total. The van der Waals surface area contributed by atoms with Crippen molar-refractivity contribution in [3.05, 3.63) is 28.7 Å². The minimum Gasteiger partial charge on any atom is -0.384 e. The maximum absolute atomic E-state index is 11.9. The highest BCUT2D eigenvalue weighted by Gasteiger charge is 2.15. The Morgan fingerprint density at radius 3 is 2.78 bits per heavy atom. The number of hydrogen-bond acceptors (Lipinski definition) is 2. The number of halogens is 1. The van der Waals surface area contributed by atoms with Crippen LogP contribution in [0.15, 0.2) is 28.7 Å². The molecule has 0 radical (unpaired) electrons. The molecule has 1 aliphatic heterocycles. The Labute approximate surface area is 117 Å². The fraction of sp³-hybridized carbons (Fsp3) is 0.500. The lowest BCUT2D eigenvalue weighted by Gasteiger charge is -2.26. The SMILES string of the molecule is O=C(CCNc1cccc(Br)c1)N1CCCCC1. The predicted molar refractivity (Wildman–Crippen MR) is 77.7 cm³/mol. The number of rotatable bonds is 4. The number of piperidine rings is 1. The number of carbonyl (C=O) groups is 1. The van der Waals surface area contributed by atoms with E-state index >= 15 is 0 Å². The molecule has 4 heteroatoms. The number of likely N-dealkylation sites (tertiary alicyclic amines) is 1. The number of hydrogen-bond donors (Lipinski definition) is 1. The van der Waals surface area contributed by atoms with E-state index in [-0.39, 0.29) is 5.91 Å². The van der Waals surface area contributed by atoms with Gasteiger partial charge in [0.25, 0.3) is 0 Å². The van der Waals surface area contributed by atoms with Crippen molar-refractivity contribution in [1.29, 1.82) is 0 Å². The summed E-state index contributed by atoms with van der Waals surface area (Å²) in [7, 11) is 0. The Morgan fingerprint density at radius 1 is 1.28 bits per heavy atom. The fourth-order valence-corrected chi connectivity index (χ4v) is 2.61. The number of amides is 1. The third-order valence-electron chi connectivity index (χ3n) is 3.20. The Balaban J connectivity index is 1.73. The van der Waals surface area contributed by atoms with E-state index < -0.39 is 0 Å². The van der Waals surface area contributed by atoms with Gasteiger partial charge in [-0.25, -0.2) is 0 Å². The zero-order valence-corrected chi connectivity index (χ0v) is 12.1. The van der Waals surface area contributed by atoms with Crippen LogP contribution in [0.25, 0.3) is 0 Å². The lowest BCUT2D eigenvalue weighted by Crippen LogP contribution is -2.36. The molecule has 1 fully saturated rings. The van der Waals surface area contributed by atoms with Crippen LogP contribution in [-0.4, -0.2) is 30.4 Å². The van der Waals surface area contributed by atoms with Gasteiger partial charge in [0.1, 0.15) is 0 Å². The van der Waals surface area contributed by atoms with E-state index in [0.717, 1.165) is 36.1 Å². The minimum absolute atomic E-state index is 0.275. The molecule has 0 aromatic heterocycles. The fourth-order valence-electron chi connectivity index (χ4n) is 2.21. The Morgan fingerprint density at radius 2 is 2.06 bits per heavy atom. The summed E-state index contributed by atoms with van der Waals surface area (Å²) in [5, 5.41) is 3.28. The summed E-state index contributed by atoms with van der Waals surface area (Å²) >= 11 is 3.43. The van der Waals surface area contributed by atoms with Crippen LogP contribution in [0.1, 0.15) is 25.7 Å².